The van der Waals surface area contributed by atoms with Gasteiger partial charge in [-0.05, 0) is 28.8 Å². The van der Waals surface area contributed by atoms with Crippen LogP contribution in [0.15, 0.2) is 46.0 Å². The number of fused-ring (bicyclic) bond motifs is 1. The van der Waals surface area contributed by atoms with Crippen LogP contribution in [0.5, 0.6) is 5.75 Å². The maximum atomic E-state index is 12.8. The lowest BCUT2D eigenvalue weighted by Gasteiger charge is -2.16. The fourth-order valence-electron chi connectivity index (χ4n) is 3.42. The lowest BCUT2D eigenvalue weighted by Crippen LogP contribution is -2.43. The number of nitrogen functional groups attached to an aromatic ring is 1. The number of nitrogens with two attached hydrogens (primary N) is 1. The van der Waals surface area contributed by atoms with E-state index in [4.69, 9.17) is 15.2 Å². The molecular formula is C23H25N3O6. The van der Waals surface area contributed by atoms with E-state index < -0.39 is 29.6 Å². The van der Waals surface area contributed by atoms with Gasteiger partial charge in [-0.2, -0.15) is 0 Å². The van der Waals surface area contributed by atoms with Crippen LogP contribution in [0.25, 0.3) is 10.8 Å². The molecule has 0 aliphatic rings. The number of rotatable bonds is 7. The number of carbonyl (C=O) groups excluding carboxylic acids is 2. The monoisotopic (exact) mass is 439 g/mol. The van der Waals surface area contributed by atoms with E-state index in [0.717, 1.165) is 15.3 Å². The van der Waals surface area contributed by atoms with Crippen molar-refractivity contribution in [3.8, 4) is 5.75 Å². The maximum absolute atomic E-state index is 12.8. The van der Waals surface area contributed by atoms with Crippen LogP contribution in [0, 0.1) is 5.92 Å². The van der Waals surface area contributed by atoms with Crippen LogP contribution in [0.1, 0.15) is 34.6 Å². The summed E-state index contributed by atoms with van der Waals surface area (Å²) in [6.07, 6.45) is 0. The predicted octanol–water partition coefficient (Wildman–Crippen LogP) is 1.99. The molecule has 0 aliphatic heterocycles. The van der Waals surface area contributed by atoms with Crippen molar-refractivity contribution in [2.45, 2.75) is 20.4 Å². The Kier molecular flexibility index (Phi) is 6.47. The number of aromatic nitrogens is 2. The number of hydrogen-bond donors (Lipinski definition) is 1. The highest BCUT2D eigenvalue weighted by Crippen LogP contribution is 2.26. The summed E-state index contributed by atoms with van der Waals surface area (Å²) in [5.74, 6) is -1.48. The molecule has 0 radical (unpaired) electrons. The van der Waals surface area contributed by atoms with E-state index in [1.807, 2.05) is 38.1 Å². The van der Waals surface area contributed by atoms with Gasteiger partial charge in [0.15, 0.2) is 6.61 Å². The second kappa shape index (κ2) is 9.09. The van der Waals surface area contributed by atoms with E-state index in [-0.39, 0.29) is 29.4 Å². The number of nitrogens with zero attached hydrogens (tertiary/aromatic N) is 2. The normalized spacial score (nSPS) is 11.0. The van der Waals surface area contributed by atoms with Gasteiger partial charge in [0, 0.05) is 13.6 Å². The van der Waals surface area contributed by atoms with Gasteiger partial charge in [-0.15, -0.1) is 0 Å². The van der Waals surface area contributed by atoms with Crippen molar-refractivity contribution in [2.24, 2.45) is 13.0 Å². The molecule has 32 heavy (non-hydrogen) atoms. The van der Waals surface area contributed by atoms with Crippen molar-refractivity contribution < 1.29 is 19.1 Å². The summed E-state index contributed by atoms with van der Waals surface area (Å²) < 4.78 is 12.5. The first-order valence-electron chi connectivity index (χ1n) is 10.0. The third-order valence-corrected chi connectivity index (χ3v) is 5.03. The van der Waals surface area contributed by atoms with E-state index >= 15 is 0 Å². The van der Waals surface area contributed by atoms with Crippen molar-refractivity contribution in [3.63, 3.8) is 0 Å². The highest BCUT2D eigenvalue weighted by atomic mass is 16.5. The summed E-state index contributed by atoms with van der Waals surface area (Å²) in [7, 11) is 2.69. The SMILES string of the molecule is COc1cc2ccccc2cc1C(=O)OCC(=O)c1c(N)n(CC(C)C)c(=O)n(C)c1=O. The number of ketones is 1. The predicted molar refractivity (Wildman–Crippen MR) is 120 cm³/mol. The summed E-state index contributed by atoms with van der Waals surface area (Å²) in [6.45, 7) is 3.26. The zero-order chi connectivity index (χ0) is 23.6. The third-order valence-electron chi connectivity index (χ3n) is 5.03. The van der Waals surface area contributed by atoms with Crippen LogP contribution in [-0.4, -0.2) is 34.6 Å². The minimum atomic E-state index is -0.836. The average molecular weight is 439 g/mol. The zero-order valence-corrected chi connectivity index (χ0v) is 18.4. The first-order valence-corrected chi connectivity index (χ1v) is 10.0. The van der Waals surface area contributed by atoms with Crippen LogP contribution >= 0.6 is 0 Å². The molecule has 0 aliphatic carbocycles. The van der Waals surface area contributed by atoms with Gasteiger partial charge in [-0.1, -0.05) is 38.1 Å². The molecule has 1 aromatic heterocycles. The minimum absolute atomic E-state index is 0.0497. The van der Waals surface area contributed by atoms with E-state index in [1.165, 1.54) is 18.7 Å². The lowest BCUT2D eigenvalue weighted by atomic mass is 10.1. The molecule has 3 rings (SSSR count). The molecule has 0 spiro atoms. The molecule has 2 aromatic carbocycles. The topological polar surface area (TPSA) is 123 Å². The van der Waals surface area contributed by atoms with E-state index in [2.05, 4.69) is 0 Å². The summed E-state index contributed by atoms with van der Waals surface area (Å²) in [5, 5.41) is 1.67. The van der Waals surface area contributed by atoms with Crippen LogP contribution in [0.2, 0.25) is 0 Å². The van der Waals surface area contributed by atoms with E-state index in [9.17, 15) is 19.2 Å². The molecule has 0 saturated heterocycles. The number of anilines is 1. The molecular weight excluding hydrogens is 414 g/mol. The van der Waals surface area contributed by atoms with E-state index in [1.54, 1.807) is 12.1 Å². The zero-order valence-electron chi connectivity index (χ0n) is 18.4. The first-order chi connectivity index (χ1) is 15.1. The van der Waals surface area contributed by atoms with Crippen molar-refractivity contribution in [1.82, 2.24) is 9.13 Å². The van der Waals surface area contributed by atoms with Gasteiger partial charge in [0.2, 0.25) is 5.78 Å². The molecule has 0 fully saturated rings. The van der Waals surface area contributed by atoms with Crippen LogP contribution in [0.4, 0.5) is 5.82 Å². The summed E-state index contributed by atoms with van der Waals surface area (Å²) in [5.41, 5.74) is 4.31. The highest BCUT2D eigenvalue weighted by Gasteiger charge is 2.24. The minimum Gasteiger partial charge on any atom is -0.496 e. The number of ether oxygens (including phenoxy) is 2. The Bertz CT molecular complexity index is 1320. The molecule has 0 bridgehead atoms. The van der Waals surface area contributed by atoms with Gasteiger partial charge in [-0.25, -0.2) is 9.59 Å². The van der Waals surface area contributed by atoms with Gasteiger partial charge >= 0.3 is 11.7 Å². The van der Waals surface area contributed by atoms with Crippen molar-refractivity contribution in [2.75, 3.05) is 19.5 Å². The fraction of sp³-hybridized carbons (Fsp3) is 0.304. The summed E-state index contributed by atoms with van der Waals surface area (Å²) in [6, 6.07) is 10.7. The number of methoxy groups -OCH3 is 1. The first kappa shape index (κ1) is 22.8. The smallest absolute Gasteiger partial charge is 0.342 e. The number of carbonyl (C=O) groups is 2. The van der Waals surface area contributed by atoms with E-state index in [0.29, 0.717) is 5.75 Å². The molecule has 9 heteroatoms. The van der Waals surface area contributed by atoms with Gasteiger partial charge < -0.3 is 15.2 Å². The van der Waals surface area contributed by atoms with Crippen molar-refractivity contribution >= 4 is 28.3 Å². The summed E-state index contributed by atoms with van der Waals surface area (Å²) in [4.78, 5) is 50.4. The molecule has 0 saturated carbocycles. The maximum Gasteiger partial charge on any atom is 0.342 e. The molecule has 0 atom stereocenters. The second-order valence-corrected chi connectivity index (χ2v) is 7.81. The molecule has 0 unspecified atom stereocenters. The molecule has 1 heterocycles. The lowest BCUT2D eigenvalue weighted by molar-refractivity contribution is 0.0471. The molecule has 3 aromatic rings. The Morgan fingerprint density at radius 1 is 1.09 bits per heavy atom. The molecule has 0 amide bonds. The Labute approximate surface area is 184 Å². The van der Waals surface area contributed by atoms with Crippen LogP contribution in [-0.2, 0) is 18.3 Å². The number of benzene rings is 2. The van der Waals surface area contributed by atoms with Crippen molar-refractivity contribution in [3.05, 3.63) is 68.4 Å². The van der Waals surface area contributed by atoms with Crippen LogP contribution < -0.4 is 21.7 Å². The Hall–Kier alpha value is -3.88. The molecule has 9 nitrogen and oxygen atoms in total. The van der Waals surface area contributed by atoms with Gasteiger partial charge in [0.1, 0.15) is 22.7 Å². The van der Waals surface area contributed by atoms with Gasteiger partial charge in [-0.3, -0.25) is 18.7 Å². The summed E-state index contributed by atoms with van der Waals surface area (Å²) >= 11 is 0. The Balaban J connectivity index is 1.90. The Morgan fingerprint density at radius 3 is 2.31 bits per heavy atom. The molecule has 2 N–H and O–H groups in total. The second-order valence-electron chi connectivity index (χ2n) is 7.81. The van der Waals surface area contributed by atoms with Gasteiger partial charge in [0.05, 0.1) is 7.11 Å². The van der Waals surface area contributed by atoms with Crippen LogP contribution in [0.3, 0.4) is 0 Å². The highest BCUT2D eigenvalue weighted by molar-refractivity contribution is 6.03. The van der Waals surface area contributed by atoms with Crippen molar-refractivity contribution in [1.29, 1.82) is 0 Å². The third kappa shape index (κ3) is 4.27. The fourth-order valence-corrected chi connectivity index (χ4v) is 3.42. The largest absolute Gasteiger partial charge is 0.496 e. The number of hydrogen-bond acceptors (Lipinski definition) is 7. The Morgan fingerprint density at radius 2 is 1.72 bits per heavy atom. The van der Waals surface area contributed by atoms with Gasteiger partial charge in [0.25, 0.3) is 5.56 Å². The molecule has 168 valence electrons. The number of Topliss-reactive ketones (excluding diaryl/α,β-unsaturated/α-hetero) is 1. The number of esters is 1. The average Bonchev–Trinajstić information content (AvgIpc) is 2.77. The quantitative estimate of drug-likeness (QED) is 0.441. The standard InChI is InChI=1S/C23H25N3O6/c1-13(2)11-26-20(24)19(21(28)25(3)23(26)30)17(27)12-32-22(29)16-9-14-7-5-6-8-15(14)10-18(16)31-4/h5-10,13H,11-12,24H2,1-4H3.